The molecule has 6 aliphatic rings. The number of hydrogen-bond donors (Lipinski definition) is 5. The number of aliphatic carboxylic acids is 1. The standard InChI is InChI=1S/C34H52O8/c1-19-8-13-34(29(39)40)15-14-32(4)20(21(34)16-19)6-7-24-30(2)11-10-25(42-28-27(38)26(37)22(36)17-41-28)31(3,18-35)23(30)9-12-33(24,32)5/h6,21-28,35-38H,1,7-18H2,2-5H3,(H,39,40)/t21-,22-,23-,24+,25-,26-,27+,28-,30-,31-,32+,33+,34-/m0/s1. The number of aliphatic hydroxyl groups is 4. The van der Waals surface area contributed by atoms with Gasteiger partial charge in [0.25, 0.3) is 0 Å². The third kappa shape index (κ3) is 3.97. The summed E-state index contributed by atoms with van der Waals surface area (Å²) in [5, 5.41) is 52.1. The van der Waals surface area contributed by atoms with Gasteiger partial charge in [-0.1, -0.05) is 51.5 Å². The predicted octanol–water partition coefficient (Wildman–Crippen LogP) is 4.20. The van der Waals surface area contributed by atoms with Crippen LogP contribution < -0.4 is 0 Å². The summed E-state index contributed by atoms with van der Waals surface area (Å²) in [5.74, 6) is -0.0716. The van der Waals surface area contributed by atoms with Crippen molar-refractivity contribution >= 4 is 5.97 Å². The first-order valence-corrected chi connectivity index (χ1v) is 16.2. The van der Waals surface area contributed by atoms with Crippen molar-refractivity contribution in [1.29, 1.82) is 0 Å². The zero-order chi connectivity index (χ0) is 30.5. The van der Waals surface area contributed by atoms with Crippen LogP contribution in [0.15, 0.2) is 23.8 Å². The van der Waals surface area contributed by atoms with E-state index < -0.39 is 41.4 Å². The summed E-state index contributed by atoms with van der Waals surface area (Å²) in [6.45, 7) is 13.5. The smallest absolute Gasteiger partial charge is 0.310 e. The topological polar surface area (TPSA) is 137 Å². The third-order valence-electron chi connectivity index (χ3n) is 14.3. The molecule has 5 fully saturated rings. The lowest BCUT2D eigenvalue weighted by Gasteiger charge is -2.71. The van der Waals surface area contributed by atoms with E-state index in [2.05, 4.69) is 40.3 Å². The first-order chi connectivity index (χ1) is 19.7. The Morgan fingerprint density at radius 2 is 1.76 bits per heavy atom. The molecular weight excluding hydrogens is 536 g/mol. The summed E-state index contributed by atoms with van der Waals surface area (Å²) < 4.78 is 12.0. The summed E-state index contributed by atoms with van der Waals surface area (Å²) in [5.41, 5.74) is 1.13. The van der Waals surface area contributed by atoms with Crippen LogP contribution in [0.5, 0.6) is 0 Å². The second-order valence-electron chi connectivity index (χ2n) is 15.8. The van der Waals surface area contributed by atoms with Gasteiger partial charge in [-0.2, -0.15) is 0 Å². The summed E-state index contributed by atoms with van der Waals surface area (Å²) >= 11 is 0. The molecule has 8 nitrogen and oxygen atoms in total. The summed E-state index contributed by atoms with van der Waals surface area (Å²) in [7, 11) is 0. The summed E-state index contributed by atoms with van der Waals surface area (Å²) in [4.78, 5) is 12.8. The largest absolute Gasteiger partial charge is 0.481 e. The Bertz CT molecular complexity index is 1150. The Kier molecular flexibility index (Phi) is 7.40. The van der Waals surface area contributed by atoms with E-state index in [1.807, 2.05) is 0 Å². The van der Waals surface area contributed by atoms with Crippen molar-refractivity contribution in [2.24, 2.45) is 44.8 Å². The molecule has 0 aromatic heterocycles. The van der Waals surface area contributed by atoms with E-state index in [0.717, 1.165) is 44.9 Å². The zero-order valence-corrected chi connectivity index (χ0v) is 25.8. The summed E-state index contributed by atoms with van der Waals surface area (Å²) in [6.07, 6.45) is 5.45. The van der Waals surface area contributed by atoms with Crippen LogP contribution in [0.3, 0.4) is 0 Å². The van der Waals surface area contributed by atoms with Gasteiger partial charge in [0.05, 0.1) is 24.7 Å². The Morgan fingerprint density at radius 1 is 1.02 bits per heavy atom. The minimum absolute atomic E-state index is 0.00123. The molecule has 0 unspecified atom stereocenters. The maximum atomic E-state index is 12.8. The molecular formula is C34H52O8. The van der Waals surface area contributed by atoms with E-state index in [4.69, 9.17) is 9.47 Å². The van der Waals surface area contributed by atoms with E-state index in [0.29, 0.717) is 25.2 Å². The number of carboxylic acid groups (broad SMARTS) is 1. The van der Waals surface area contributed by atoms with Crippen molar-refractivity contribution in [3.05, 3.63) is 23.8 Å². The van der Waals surface area contributed by atoms with Crippen molar-refractivity contribution in [1.82, 2.24) is 0 Å². The highest BCUT2D eigenvalue weighted by molar-refractivity contribution is 5.77. The number of aliphatic hydroxyl groups excluding tert-OH is 4. The van der Waals surface area contributed by atoms with Crippen LogP contribution in [-0.4, -0.2) is 75.4 Å². The van der Waals surface area contributed by atoms with E-state index in [9.17, 15) is 30.3 Å². The van der Waals surface area contributed by atoms with Crippen molar-refractivity contribution < 1.29 is 39.8 Å². The molecule has 0 radical (unpaired) electrons. The van der Waals surface area contributed by atoms with Gasteiger partial charge in [0.2, 0.25) is 0 Å². The van der Waals surface area contributed by atoms with Crippen molar-refractivity contribution in [2.45, 2.75) is 123 Å². The Balaban J connectivity index is 1.31. The first kappa shape index (κ1) is 30.7. The van der Waals surface area contributed by atoms with E-state index >= 15 is 0 Å². The molecule has 0 spiro atoms. The van der Waals surface area contributed by atoms with Crippen LogP contribution in [0.1, 0.15) is 91.9 Å². The molecule has 1 saturated heterocycles. The molecule has 236 valence electrons. The van der Waals surface area contributed by atoms with Gasteiger partial charge in [-0.3, -0.25) is 4.79 Å². The fourth-order valence-corrected chi connectivity index (χ4v) is 11.5. The monoisotopic (exact) mass is 588 g/mol. The van der Waals surface area contributed by atoms with Crippen LogP contribution in [0.2, 0.25) is 0 Å². The van der Waals surface area contributed by atoms with Gasteiger partial charge in [-0.05, 0) is 92.3 Å². The van der Waals surface area contributed by atoms with Crippen molar-refractivity contribution in [2.75, 3.05) is 13.2 Å². The lowest BCUT2D eigenvalue weighted by Crippen LogP contribution is -2.66. The van der Waals surface area contributed by atoms with Gasteiger partial charge in [0, 0.05) is 11.3 Å². The van der Waals surface area contributed by atoms with Crippen LogP contribution >= 0.6 is 0 Å². The molecule has 8 heteroatoms. The fourth-order valence-electron chi connectivity index (χ4n) is 11.5. The van der Waals surface area contributed by atoms with Crippen LogP contribution in [-0.2, 0) is 14.3 Å². The van der Waals surface area contributed by atoms with Gasteiger partial charge >= 0.3 is 5.97 Å². The molecule has 42 heavy (non-hydrogen) atoms. The number of fused-ring (bicyclic) bond motifs is 7. The lowest BCUT2D eigenvalue weighted by atomic mass is 9.34. The normalized spacial score (nSPS) is 54.1. The quantitative estimate of drug-likeness (QED) is 0.244. The molecule has 13 atom stereocenters. The van der Waals surface area contributed by atoms with Gasteiger partial charge in [0.1, 0.15) is 18.3 Å². The molecule has 1 heterocycles. The highest BCUT2D eigenvalue weighted by Crippen LogP contribution is 2.75. The van der Waals surface area contributed by atoms with Gasteiger partial charge in [0.15, 0.2) is 6.29 Å². The van der Waals surface area contributed by atoms with E-state index in [1.165, 1.54) is 11.1 Å². The molecule has 5 aliphatic carbocycles. The molecule has 6 rings (SSSR count). The Labute approximate surface area is 250 Å². The van der Waals surface area contributed by atoms with Gasteiger partial charge in [-0.15, -0.1) is 0 Å². The number of ether oxygens (including phenoxy) is 2. The van der Waals surface area contributed by atoms with Crippen molar-refractivity contribution in [3.63, 3.8) is 0 Å². The fraction of sp³-hybridized carbons (Fsp3) is 0.853. The maximum Gasteiger partial charge on any atom is 0.310 e. The van der Waals surface area contributed by atoms with Gasteiger partial charge in [-0.25, -0.2) is 0 Å². The third-order valence-corrected chi connectivity index (χ3v) is 14.3. The number of allylic oxidation sites excluding steroid dienone is 3. The zero-order valence-electron chi connectivity index (χ0n) is 25.8. The highest BCUT2D eigenvalue weighted by Gasteiger charge is 2.69. The summed E-state index contributed by atoms with van der Waals surface area (Å²) in [6, 6.07) is 0. The molecule has 0 amide bonds. The van der Waals surface area contributed by atoms with Crippen molar-refractivity contribution in [3.8, 4) is 0 Å². The first-order valence-electron chi connectivity index (χ1n) is 16.2. The molecule has 5 N–H and O–H groups in total. The molecule has 0 bridgehead atoms. The molecule has 4 saturated carbocycles. The molecule has 0 aromatic rings. The molecule has 0 aromatic carbocycles. The van der Waals surface area contributed by atoms with Crippen LogP contribution in [0.4, 0.5) is 0 Å². The van der Waals surface area contributed by atoms with Crippen LogP contribution in [0, 0.1) is 44.8 Å². The Morgan fingerprint density at radius 3 is 2.45 bits per heavy atom. The predicted molar refractivity (Wildman–Crippen MR) is 156 cm³/mol. The lowest BCUT2D eigenvalue weighted by molar-refractivity contribution is -0.312. The number of carbonyl (C=O) groups is 1. The number of carboxylic acids is 1. The highest BCUT2D eigenvalue weighted by atomic mass is 16.7. The average molecular weight is 589 g/mol. The minimum atomic E-state index is -1.36. The number of hydrogen-bond acceptors (Lipinski definition) is 7. The van der Waals surface area contributed by atoms with Crippen LogP contribution in [0.25, 0.3) is 0 Å². The minimum Gasteiger partial charge on any atom is -0.481 e. The number of rotatable bonds is 4. The second kappa shape index (κ2) is 10.1. The van der Waals surface area contributed by atoms with E-state index in [1.54, 1.807) is 0 Å². The average Bonchev–Trinajstić information content (AvgIpc) is 2.95. The maximum absolute atomic E-state index is 12.8. The van der Waals surface area contributed by atoms with E-state index in [-0.39, 0.29) is 47.4 Å². The Hall–Kier alpha value is -1.29. The molecule has 1 aliphatic heterocycles. The second-order valence-corrected chi connectivity index (χ2v) is 15.8. The SMILES string of the molecule is C=C1CC[C@]2(C(=O)O)CC[C@]3(C)C(=CC[C@@H]4[C@@]5(C)CC[C@H](O[C@@H]6OC[C@H](O)[C@H](O)[C@H]6O)[C@@](C)(CO)[C@H]5CC[C@]43C)[C@@H]2C1. The van der Waals surface area contributed by atoms with Gasteiger partial charge < -0.3 is 35.0 Å².